The van der Waals surface area contributed by atoms with Crippen molar-refractivity contribution >= 4 is 22.9 Å². The predicted octanol–water partition coefficient (Wildman–Crippen LogP) is 4.31. The molecule has 2 aromatic rings. The molecule has 17 heavy (non-hydrogen) atoms. The highest BCUT2D eigenvalue weighted by atomic mass is 35.5. The number of halogens is 1. The van der Waals surface area contributed by atoms with Crippen molar-refractivity contribution in [1.29, 1.82) is 0 Å². The van der Waals surface area contributed by atoms with E-state index in [9.17, 15) is 0 Å². The van der Waals surface area contributed by atoms with Gasteiger partial charge in [-0.2, -0.15) is 0 Å². The van der Waals surface area contributed by atoms with Crippen LogP contribution >= 0.6 is 22.9 Å². The van der Waals surface area contributed by atoms with Crippen LogP contribution < -0.4 is 5.32 Å². The zero-order chi connectivity index (χ0) is 12.4. The summed E-state index contributed by atoms with van der Waals surface area (Å²) in [6.07, 6.45) is 0. The number of hydrogen-bond acceptors (Lipinski definition) is 3. The molecule has 2 nitrogen and oxygen atoms in total. The summed E-state index contributed by atoms with van der Waals surface area (Å²) in [5.74, 6) is 0.877. The molecule has 2 rings (SSSR count). The quantitative estimate of drug-likeness (QED) is 0.895. The standard InChI is InChI=1S/C13H16ClNOS/c1-4-15-12(10-5-6-11(14)16-10)13-8(2)7-9(3)17-13/h5-7,12,15H,4H2,1-3H3. The van der Waals surface area contributed by atoms with Crippen molar-refractivity contribution in [3.05, 3.63) is 44.5 Å². The zero-order valence-electron chi connectivity index (χ0n) is 10.2. The van der Waals surface area contributed by atoms with E-state index < -0.39 is 0 Å². The normalized spacial score (nSPS) is 12.9. The SMILES string of the molecule is CCNC(c1ccc(Cl)o1)c1sc(C)cc1C. The Morgan fingerprint density at radius 1 is 1.41 bits per heavy atom. The Hall–Kier alpha value is -0.770. The molecule has 1 N–H and O–H groups in total. The maximum atomic E-state index is 5.85. The van der Waals surface area contributed by atoms with Crippen molar-refractivity contribution in [1.82, 2.24) is 5.32 Å². The Bertz CT molecular complexity index is 503. The Morgan fingerprint density at radius 3 is 2.65 bits per heavy atom. The van der Waals surface area contributed by atoms with Crippen LogP contribution in [0.15, 0.2) is 22.6 Å². The molecule has 0 saturated heterocycles. The van der Waals surface area contributed by atoms with E-state index >= 15 is 0 Å². The number of thiophene rings is 1. The van der Waals surface area contributed by atoms with Gasteiger partial charge in [0, 0.05) is 9.75 Å². The summed E-state index contributed by atoms with van der Waals surface area (Å²) in [5, 5.41) is 3.88. The molecule has 0 aromatic carbocycles. The van der Waals surface area contributed by atoms with Crippen LogP contribution in [0.2, 0.25) is 5.22 Å². The van der Waals surface area contributed by atoms with Crippen molar-refractivity contribution in [2.75, 3.05) is 6.54 Å². The van der Waals surface area contributed by atoms with Crippen LogP contribution in [-0.4, -0.2) is 6.54 Å². The highest BCUT2D eigenvalue weighted by Gasteiger charge is 2.20. The summed E-state index contributed by atoms with van der Waals surface area (Å²) in [6, 6.07) is 6.03. The van der Waals surface area contributed by atoms with Crippen LogP contribution in [0, 0.1) is 13.8 Å². The first kappa shape index (κ1) is 12.7. The van der Waals surface area contributed by atoms with Gasteiger partial charge in [0.2, 0.25) is 0 Å². The van der Waals surface area contributed by atoms with Crippen LogP contribution in [-0.2, 0) is 0 Å². The average Bonchev–Trinajstić information content (AvgIpc) is 2.82. The first-order valence-corrected chi connectivity index (χ1v) is 6.86. The van der Waals surface area contributed by atoms with Crippen molar-refractivity contribution in [3.63, 3.8) is 0 Å². The van der Waals surface area contributed by atoms with Gasteiger partial charge >= 0.3 is 0 Å². The van der Waals surface area contributed by atoms with E-state index in [4.69, 9.17) is 16.0 Å². The third kappa shape index (κ3) is 2.73. The Morgan fingerprint density at radius 2 is 2.18 bits per heavy atom. The summed E-state index contributed by atoms with van der Waals surface area (Å²) in [4.78, 5) is 2.62. The number of furan rings is 1. The van der Waals surface area contributed by atoms with Gasteiger partial charge in [-0.3, -0.25) is 0 Å². The van der Waals surface area contributed by atoms with Gasteiger partial charge in [0.25, 0.3) is 0 Å². The lowest BCUT2D eigenvalue weighted by Gasteiger charge is -2.15. The fourth-order valence-electron chi connectivity index (χ4n) is 1.96. The molecule has 1 atom stereocenters. The minimum Gasteiger partial charge on any atom is -0.448 e. The molecular formula is C13H16ClNOS. The van der Waals surface area contributed by atoms with E-state index in [2.05, 4.69) is 32.2 Å². The Balaban J connectivity index is 2.38. The molecule has 4 heteroatoms. The second-order valence-corrected chi connectivity index (χ2v) is 5.70. The molecule has 1 unspecified atom stereocenters. The first-order valence-electron chi connectivity index (χ1n) is 5.67. The van der Waals surface area contributed by atoms with Crippen molar-refractivity contribution in [3.8, 4) is 0 Å². The fraction of sp³-hybridized carbons (Fsp3) is 0.385. The Labute approximate surface area is 111 Å². The lowest BCUT2D eigenvalue weighted by atomic mass is 10.1. The highest BCUT2D eigenvalue weighted by Crippen LogP contribution is 2.33. The maximum absolute atomic E-state index is 5.85. The summed E-state index contributed by atoms with van der Waals surface area (Å²) in [5.41, 5.74) is 1.30. The topological polar surface area (TPSA) is 25.2 Å². The number of rotatable bonds is 4. The molecule has 0 fully saturated rings. The van der Waals surface area contributed by atoms with Gasteiger partial charge in [0.05, 0.1) is 0 Å². The van der Waals surface area contributed by atoms with Crippen LogP contribution in [0.25, 0.3) is 0 Å². The Kier molecular flexibility index (Phi) is 3.92. The molecule has 2 heterocycles. The largest absolute Gasteiger partial charge is 0.448 e. The lowest BCUT2D eigenvalue weighted by Crippen LogP contribution is -2.21. The van der Waals surface area contributed by atoms with Crippen molar-refractivity contribution in [2.24, 2.45) is 0 Å². The van der Waals surface area contributed by atoms with Crippen molar-refractivity contribution in [2.45, 2.75) is 26.8 Å². The van der Waals surface area contributed by atoms with Crippen LogP contribution in [0.1, 0.15) is 34.0 Å². The smallest absolute Gasteiger partial charge is 0.193 e. The van der Waals surface area contributed by atoms with E-state index in [1.807, 2.05) is 6.07 Å². The molecule has 0 aliphatic carbocycles. The second-order valence-electron chi connectivity index (χ2n) is 4.04. The molecule has 0 radical (unpaired) electrons. The maximum Gasteiger partial charge on any atom is 0.193 e. The van der Waals surface area contributed by atoms with E-state index in [1.165, 1.54) is 15.3 Å². The van der Waals surface area contributed by atoms with Gasteiger partial charge in [-0.1, -0.05) is 6.92 Å². The van der Waals surface area contributed by atoms with Crippen LogP contribution in [0.5, 0.6) is 0 Å². The molecule has 0 aliphatic rings. The molecular weight excluding hydrogens is 254 g/mol. The summed E-state index contributed by atoms with van der Waals surface area (Å²) in [6.45, 7) is 7.24. The minimum atomic E-state index is 0.103. The van der Waals surface area contributed by atoms with E-state index in [-0.39, 0.29) is 6.04 Å². The molecule has 0 amide bonds. The third-order valence-corrected chi connectivity index (χ3v) is 4.05. The molecule has 92 valence electrons. The van der Waals surface area contributed by atoms with Crippen LogP contribution in [0.4, 0.5) is 0 Å². The molecule has 0 spiro atoms. The van der Waals surface area contributed by atoms with Gasteiger partial charge in [0.1, 0.15) is 11.8 Å². The average molecular weight is 270 g/mol. The number of aryl methyl sites for hydroxylation is 2. The fourth-order valence-corrected chi connectivity index (χ4v) is 3.23. The number of nitrogens with one attached hydrogen (secondary N) is 1. The molecule has 0 saturated carbocycles. The molecule has 0 bridgehead atoms. The summed E-state index contributed by atoms with van der Waals surface area (Å²) < 4.78 is 5.53. The number of hydrogen-bond donors (Lipinski definition) is 1. The third-order valence-electron chi connectivity index (χ3n) is 2.63. The van der Waals surface area contributed by atoms with Gasteiger partial charge in [-0.05, 0) is 55.8 Å². The lowest BCUT2D eigenvalue weighted by molar-refractivity contribution is 0.456. The van der Waals surface area contributed by atoms with Gasteiger partial charge in [-0.25, -0.2) is 0 Å². The molecule has 2 aromatic heterocycles. The molecule has 0 aliphatic heterocycles. The second kappa shape index (κ2) is 5.25. The highest BCUT2D eigenvalue weighted by molar-refractivity contribution is 7.12. The van der Waals surface area contributed by atoms with Gasteiger partial charge < -0.3 is 9.73 Å². The van der Waals surface area contributed by atoms with Gasteiger partial charge in [-0.15, -0.1) is 11.3 Å². The van der Waals surface area contributed by atoms with Crippen LogP contribution in [0.3, 0.4) is 0 Å². The minimum absolute atomic E-state index is 0.103. The zero-order valence-corrected chi connectivity index (χ0v) is 11.8. The summed E-state index contributed by atoms with van der Waals surface area (Å²) >= 11 is 7.65. The van der Waals surface area contributed by atoms with E-state index in [0.29, 0.717) is 5.22 Å². The monoisotopic (exact) mass is 269 g/mol. The first-order chi connectivity index (χ1) is 8.11. The summed E-state index contributed by atoms with van der Waals surface area (Å²) in [7, 11) is 0. The van der Waals surface area contributed by atoms with E-state index in [1.54, 1.807) is 17.4 Å². The van der Waals surface area contributed by atoms with E-state index in [0.717, 1.165) is 12.3 Å². The predicted molar refractivity (Wildman–Crippen MR) is 73.0 cm³/mol. The van der Waals surface area contributed by atoms with Crippen molar-refractivity contribution < 1.29 is 4.42 Å². The van der Waals surface area contributed by atoms with Gasteiger partial charge in [0.15, 0.2) is 5.22 Å².